The van der Waals surface area contributed by atoms with Gasteiger partial charge in [0.15, 0.2) is 0 Å². The first-order chi connectivity index (χ1) is 11.4. The first kappa shape index (κ1) is 17.8. The highest BCUT2D eigenvalue weighted by atomic mass is 19.4. The fourth-order valence-corrected chi connectivity index (χ4v) is 2.11. The number of alkyl halides is 3. The van der Waals surface area contributed by atoms with Gasteiger partial charge in [-0.1, -0.05) is 30.3 Å². The number of halogens is 3. The minimum atomic E-state index is -4.45. The van der Waals surface area contributed by atoms with Gasteiger partial charge in [-0.2, -0.15) is 13.2 Å². The quantitative estimate of drug-likeness (QED) is 0.816. The summed E-state index contributed by atoms with van der Waals surface area (Å²) in [5, 5.41) is 2.84. The predicted molar refractivity (Wildman–Crippen MR) is 83.4 cm³/mol. The van der Waals surface area contributed by atoms with Crippen molar-refractivity contribution in [1.29, 1.82) is 0 Å². The van der Waals surface area contributed by atoms with Gasteiger partial charge in [-0.05, 0) is 24.6 Å². The molecule has 0 saturated carbocycles. The molecule has 4 nitrogen and oxygen atoms in total. The van der Waals surface area contributed by atoms with Crippen molar-refractivity contribution < 1.29 is 22.7 Å². The van der Waals surface area contributed by atoms with Gasteiger partial charge in [0, 0.05) is 12.6 Å². The summed E-state index contributed by atoms with van der Waals surface area (Å²) < 4.78 is 42.7. The molecule has 128 valence electrons. The van der Waals surface area contributed by atoms with E-state index >= 15 is 0 Å². The summed E-state index contributed by atoms with van der Waals surface area (Å²) in [6.45, 7) is 1.90. The van der Waals surface area contributed by atoms with Crippen molar-refractivity contribution in [2.24, 2.45) is 0 Å². The van der Waals surface area contributed by atoms with Gasteiger partial charge in [0.1, 0.15) is 11.9 Å². The van der Waals surface area contributed by atoms with Crippen molar-refractivity contribution in [1.82, 2.24) is 4.98 Å². The molecule has 0 radical (unpaired) electrons. The van der Waals surface area contributed by atoms with Gasteiger partial charge in [0.2, 0.25) is 0 Å². The summed E-state index contributed by atoms with van der Waals surface area (Å²) >= 11 is 0. The van der Waals surface area contributed by atoms with Crippen LogP contribution in [0.4, 0.5) is 19.0 Å². The molecule has 0 spiro atoms. The monoisotopic (exact) mass is 338 g/mol. The summed E-state index contributed by atoms with van der Waals surface area (Å²) in [6, 6.07) is 10.6. The van der Waals surface area contributed by atoms with Crippen LogP contribution in [0, 0.1) is 0 Å². The number of carbonyl (C=O) groups excluding carboxylic acids is 1. The van der Waals surface area contributed by atoms with Gasteiger partial charge < -0.3 is 10.1 Å². The average molecular weight is 338 g/mol. The van der Waals surface area contributed by atoms with E-state index in [2.05, 4.69) is 10.3 Å². The molecule has 0 aliphatic rings. The molecular formula is C17H17F3N2O2. The number of hydrogen-bond acceptors (Lipinski definition) is 4. The number of esters is 1. The maximum atomic E-state index is 12.6. The van der Waals surface area contributed by atoms with Gasteiger partial charge in [-0.25, -0.2) is 9.78 Å². The van der Waals surface area contributed by atoms with Crippen molar-refractivity contribution in [2.75, 3.05) is 11.9 Å². The lowest BCUT2D eigenvalue weighted by Gasteiger charge is -2.18. The molecule has 1 aromatic heterocycles. The zero-order valence-electron chi connectivity index (χ0n) is 13.0. The number of aromatic nitrogens is 1. The molecule has 0 aliphatic carbocycles. The van der Waals surface area contributed by atoms with Crippen LogP contribution in [0.1, 0.15) is 18.1 Å². The zero-order valence-corrected chi connectivity index (χ0v) is 13.0. The van der Waals surface area contributed by atoms with Crippen molar-refractivity contribution >= 4 is 11.8 Å². The van der Waals surface area contributed by atoms with E-state index in [0.29, 0.717) is 6.42 Å². The number of hydrogen-bond donors (Lipinski definition) is 1. The second-order valence-electron chi connectivity index (χ2n) is 5.07. The van der Waals surface area contributed by atoms with Crippen LogP contribution in [0.5, 0.6) is 0 Å². The lowest BCUT2D eigenvalue weighted by Crippen LogP contribution is -2.34. The summed E-state index contributed by atoms with van der Waals surface area (Å²) in [5.74, 6) is -0.306. The van der Waals surface area contributed by atoms with Gasteiger partial charge in [0.05, 0.1) is 12.2 Å². The zero-order chi connectivity index (χ0) is 17.6. The Morgan fingerprint density at radius 1 is 1.21 bits per heavy atom. The molecular weight excluding hydrogens is 321 g/mol. The number of anilines is 1. The van der Waals surface area contributed by atoms with Gasteiger partial charge in [-0.3, -0.25) is 0 Å². The third kappa shape index (κ3) is 4.97. The standard InChI is InChI=1S/C17H17F3N2O2/c1-2-24-16(23)14(10-12-6-4-3-5-7-12)22-15-9-8-13(11-21-15)17(18,19)20/h3-9,11,14H,2,10H2,1H3,(H,21,22)/t14-/m0/s1. The first-order valence-corrected chi connectivity index (χ1v) is 7.40. The molecule has 0 unspecified atom stereocenters. The van der Waals surface area contributed by atoms with Crippen LogP contribution in [0.25, 0.3) is 0 Å². The average Bonchev–Trinajstić information content (AvgIpc) is 2.55. The number of rotatable bonds is 6. The number of ether oxygens (including phenoxy) is 1. The Morgan fingerprint density at radius 2 is 1.92 bits per heavy atom. The molecule has 1 aromatic carbocycles. The van der Waals surface area contributed by atoms with Crippen LogP contribution in [0.2, 0.25) is 0 Å². The molecule has 24 heavy (non-hydrogen) atoms. The van der Waals surface area contributed by atoms with Crippen LogP contribution in [-0.2, 0) is 22.1 Å². The number of nitrogens with one attached hydrogen (secondary N) is 1. The Balaban J connectivity index is 2.14. The largest absolute Gasteiger partial charge is 0.464 e. The van der Waals surface area contributed by atoms with E-state index in [-0.39, 0.29) is 12.4 Å². The summed E-state index contributed by atoms with van der Waals surface area (Å²) in [4.78, 5) is 15.8. The van der Waals surface area contributed by atoms with Crippen LogP contribution < -0.4 is 5.32 Å². The molecule has 2 aromatic rings. The third-order valence-corrected chi connectivity index (χ3v) is 3.27. The minimum Gasteiger partial charge on any atom is -0.464 e. The Morgan fingerprint density at radius 3 is 2.46 bits per heavy atom. The fourth-order valence-electron chi connectivity index (χ4n) is 2.11. The topological polar surface area (TPSA) is 51.2 Å². The van der Waals surface area contributed by atoms with E-state index in [1.54, 1.807) is 6.92 Å². The van der Waals surface area contributed by atoms with E-state index in [1.165, 1.54) is 6.07 Å². The van der Waals surface area contributed by atoms with Crippen molar-refractivity contribution in [3.05, 3.63) is 59.8 Å². The van der Waals surface area contributed by atoms with Crippen molar-refractivity contribution in [2.45, 2.75) is 25.6 Å². The van der Waals surface area contributed by atoms with Crippen LogP contribution in [0.15, 0.2) is 48.7 Å². The SMILES string of the molecule is CCOC(=O)[C@H](Cc1ccccc1)Nc1ccc(C(F)(F)F)cn1. The highest BCUT2D eigenvalue weighted by molar-refractivity contribution is 5.79. The molecule has 1 N–H and O–H groups in total. The van der Waals surface area contributed by atoms with E-state index in [0.717, 1.165) is 17.8 Å². The lowest BCUT2D eigenvalue weighted by atomic mass is 10.1. The summed E-state index contributed by atoms with van der Waals surface area (Å²) in [5.41, 5.74) is 0.0544. The highest BCUT2D eigenvalue weighted by Gasteiger charge is 2.31. The van der Waals surface area contributed by atoms with Crippen molar-refractivity contribution in [3.8, 4) is 0 Å². The Labute approximate surface area is 137 Å². The van der Waals surface area contributed by atoms with Crippen molar-refractivity contribution in [3.63, 3.8) is 0 Å². The van der Waals surface area contributed by atoms with E-state index in [4.69, 9.17) is 4.74 Å². The first-order valence-electron chi connectivity index (χ1n) is 7.40. The minimum absolute atomic E-state index is 0.178. The molecule has 2 rings (SSSR count). The normalized spacial score (nSPS) is 12.5. The summed E-state index contributed by atoms with van der Waals surface area (Å²) in [6.07, 6.45) is -3.38. The Bertz CT molecular complexity index is 658. The van der Waals surface area contributed by atoms with Crippen LogP contribution in [0.3, 0.4) is 0 Å². The third-order valence-electron chi connectivity index (χ3n) is 3.27. The van der Waals surface area contributed by atoms with E-state index in [9.17, 15) is 18.0 Å². The molecule has 0 amide bonds. The molecule has 7 heteroatoms. The van der Waals surface area contributed by atoms with E-state index < -0.39 is 23.8 Å². The number of carbonyl (C=O) groups is 1. The number of nitrogens with zero attached hydrogens (tertiary/aromatic N) is 1. The smallest absolute Gasteiger partial charge is 0.417 e. The molecule has 0 bridgehead atoms. The molecule has 0 fully saturated rings. The second kappa shape index (κ2) is 7.81. The van der Waals surface area contributed by atoms with Gasteiger partial charge in [0.25, 0.3) is 0 Å². The Hall–Kier alpha value is -2.57. The molecule has 0 saturated heterocycles. The van der Waals surface area contributed by atoms with Crippen LogP contribution in [-0.4, -0.2) is 23.6 Å². The molecule has 1 heterocycles. The van der Waals surface area contributed by atoms with Gasteiger partial charge >= 0.3 is 12.1 Å². The van der Waals surface area contributed by atoms with E-state index in [1.807, 2.05) is 30.3 Å². The lowest BCUT2D eigenvalue weighted by molar-refractivity contribution is -0.144. The number of pyridine rings is 1. The Kier molecular flexibility index (Phi) is 5.78. The predicted octanol–water partition coefficient (Wildman–Crippen LogP) is 3.69. The van der Waals surface area contributed by atoms with Gasteiger partial charge in [-0.15, -0.1) is 0 Å². The molecule has 0 aliphatic heterocycles. The fraction of sp³-hybridized carbons (Fsp3) is 0.294. The highest BCUT2D eigenvalue weighted by Crippen LogP contribution is 2.29. The second-order valence-corrected chi connectivity index (χ2v) is 5.07. The summed E-state index contributed by atoms with van der Waals surface area (Å²) in [7, 11) is 0. The maximum absolute atomic E-state index is 12.6. The number of benzene rings is 1. The maximum Gasteiger partial charge on any atom is 0.417 e. The molecule has 1 atom stereocenters. The van der Waals surface area contributed by atoms with Crippen LogP contribution >= 0.6 is 0 Å².